The maximum Gasteiger partial charge on any atom is 0.301 e. The molecule has 3 N–H and O–H groups in total. The molecule has 1 aliphatic rings. The van der Waals surface area contributed by atoms with E-state index >= 15 is 0 Å². The van der Waals surface area contributed by atoms with Gasteiger partial charge in [0.2, 0.25) is 5.91 Å². The molecule has 4 rings (SSSR count). The third kappa shape index (κ3) is 4.45. The number of hydrogen-bond acceptors (Lipinski definition) is 3. The number of carbonyl (C=O) groups excluding carboxylic acids is 1. The number of fused-ring (bicyclic) bond motifs is 1. The highest BCUT2D eigenvalue weighted by atomic mass is 32.2. The lowest BCUT2D eigenvalue weighted by atomic mass is 9.70. The van der Waals surface area contributed by atoms with Crippen LogP contribution >= 0.6 is 0 Å². The molecule has 31 heavy (non-hydrogen) atoms. The van der Waals surface area contributed by atoms with E-state index in [1.165, 1.54) is 18.2 Å². The highest BCUT2D eigenvalue weighted by Gasteiger charge is 2.35. The first-order chi connectivity index (χ1) is 14.6. The third-order valence-corrected chi connectivity index (χ3v) is 6.58. The number of benzene rings is 2. The molecule has 1 heterocycles. The first kappa shape index (κ1) is 21.4. The van der Waals surface area contributed by atoms with Crippen molar-refractivity contribution in [2.75, 3.05) is 6.54 Å². The van der Waals surface area contributed by atoms with Crippen LogP contribution in [0.15, 0.2) is 36.4 Å². The Morgan fingerprint density at radius 1 is 1.10 bits per heavy atom. The Morgan fingerprint density at radius 3 is 2.42 bits per heavy atom. The van der Waals surface area contributed by atoms with E-state index in [4.69, 9.17) is 0 Å². The smallest absolute Gasteiger partial charge is 0.301 e. The van der Waals surface area contributed by atoms with E-state index in [1.54, 1.807) is 12.1 Å². The summed E-state index contributed by atoms with van der Waals surface area (Å²) < 4.78 is 69.4. The van der Waals surface area contributed by atoms with Crippen LogP contribution in [-0.4, -0.2) is 25.9 Å². The highest BCUT2D eigenvalue weighted by molar-refractivity contribution is 7.88. The summed E-state index contributed by atoms with van der Waals surface area (Å²) in [6.07, 6.45) is 1.17. The quantitative estimate of drug-likeness (QED) is 0.534. The molecule has 0 atom stereocenters. The van der Waals surface area contributed by atoms with E-state index < -0.39 is 33.6 Å². The average Bonchev–Trinajstić information content (AvgIpc) is 2.99. The van der Waals surface area contributed by atoms with Crippen molar-refractivity contribution in [3.8, 4) is 11.3 Å². The molecular weight excluding hydrogens is 431 g/mol. The average molecular weight is 451 g/mol. The van der Waals surface area contributed by atoms with Gasteiger partial charge in [-0.05, 0) is 66.1 Å². The van der Waals surface area contributed by atoms with Crippen LogP contribution in [0, 0.1) is 23.4 Å². The number of amides is 1. The van der Waals surface area contributed by atoms with Gasteiger partial charge in [0, 0.05) is 24.9 Å². The van der Waals surface area contributed by atoms with Gasteiger partial charge in [0.05, 0.1) is 11.2 Å². The van der Waals surface area contributed by atoms with Crippen LogP contribution in [0.5, 0.6) is 0 Å². The van der Waals surface area contributed by atoms with Crippen molar-refractivity contribution >= 4 is 27.0 Å². The minimum Gasteiger partial charge on any atom is -0.352 e. The summed E-state index contributed by atoms with van der Waals surface area (Å²) in [5.74, 6) is -2.58. The minimum atomic E-state index is -3.91. The Kier molecular flexibility index (Phi) is 5.52. The lowest BCUT2D eigenvalue weighted by Gasteiger charge is -2.36. The Bertz CT molecular complexity index is 1250. The third-order valence-electron chi connectivity index (χ3n) is 5.48. The van der Waals surface area contributed by atoms with Crippen LogP contribution in [0.3, 0.4) is 0 Å². The molecule has 1 aromatic heterocycles. The van der Waals surface area contributed by atoms with Gasteiger partial charge in [-0.25, -0.2) is 17.9 Å². The zero-order valence-corrected chi connectivity index (χ0v) is 17.3. The van der Waals surface area contributed by atoms with Gasteiger partial charge in [-0.3, -0.25) is 4.79 Å². The van der Waals surface area contributed by atoms with Gasteiger partial charge in [0.15, 0.2) is 0 Å². The maximum atomic E-state index is 14.4. The molecule has 1 saturated carbocycles. The van der Waals surface area contributed by atoms with E-state index in [0.29, 0.717) is 29.5 Å². The van der Waals surface area contributed by atoms with E-state index in [1.807, 2.05) is 4.72 Å². The second kappa shape index (κ2) is 8.01. The van der Waals surface area contributed by atoms with Crippen LogP contribution in [0.2, 0.25) is 0 Å². The van der Waals surface area contributed by atoms with Crippen molar-refractivity contribution in [2.24, 2.45) is 5.92 Å². The molecule has 0 spiro atoms. The second-order valence-corrected chi connectivity index (χ2v) is 9.27. The summed E-state index contributed by atoms with van der Waals surface area (Å²) in [6, 6.07) is 7.79. The second-order valence-electron chi connectivity index (χ2n) is 7.78. The SMILES string of the molecule is CC(=O)NS(=O)(=O)NC[C@H]1C[C@H](c2c(-c3ccc(F)cc3)[nH]c3c(F)cc(F)cc32)C1. The summed E-state index contributed by atoms with van der Waals surface area (Å²) in [6.45, 7) is 1.24. The fourth-order valence-electron chi connectivity index (χ4n) is 4.10. The van der Waals surface area contributed by atoms with Crippen molar-refractivity contribution in [3.63, 3.8) is 0 Å². The lowest BCUT2D eigenvalue weighted by Crippen LogP contribution is -2.43. The predicted octanol–water partition coefficient (Wildman–Crippen LogP) is 3.72. The molecular formula is C21H20F3N3O3S. The summed E-state index contributed by atoms with van der Waals surface area (Å²) in [4.78, 5) is 14.0. The van der Waals surface area contributed by atoms with Crippen molar-refractivity contribution in [1.29, 1.82) is 0 Å². The number of aromatic nitrogens is 1. The number of halogens is 3. The largest absolute Gasteiger partial charge is 0.352 e. The van der Waals surface area contributed by atoms with E-state index in [2.05, 4.69) is 9.71 Å². The Balaban J connectivity index is 1.61. The minimum absolute atomic E-state index is 0.00189. The monoisotopic (exact) mass is 451 g/mol. The molecule has 6 nitrogen and oxygen atoms in total. The predicted molar refractivity (Wildman–Crippen MR) is 110 cm³/mol. The summed E-state index contributed by atoms with van der Waals surface area (Å²) in [5.41, 5.74) is 2.12. The van der Waals surface area contributed by atoms with Crippen LogP contribution < -0.4 is 9.44 Å². The Morgan fingerprint density at radius 2 is 1.77 bits per heavy atom. The van der Waals surface area contributed by atoms with Crippen molar-refractivity contribution in [2.45, 2.75) is 25.7 Å². The van der Waals surface area contributed by atoms with Crippen molar-refractivity contribution < 1.29 is 26.4 Å². The number of rotatable bonds is 6. The standard InChI is InChI=1S/C21H20F3N3O3S/c1-11(28)27-31(29,30)25-10-12-6-14(7-12)19-17-8-16(23)9-18(24)21(17)26-20(19)13-2-4-15(22)5-3-13/h2-5,8-9,12,14,25-26H,6-7,10H2,1H3,(H,27,28)/t12-,14-. The van der Waals surface area contributed by atoms with Gasteiger partial charge in [-0.1, -0.05) is 0 Å². The Labute approximate surface area is 177 Å². The zero-order valence-electron chi connectivity index (χ0n) is 16.5. The first-order valence-corrected chi connectivity index (χ1v) is 11.2. The number of hydrogen-bond donors (Lipinski definition) is 3. The number of nitrogens with one attached hydrogen (secondary N) is 3. The van der Waals surface area contributed by atoms with Crippen LogP contribution in [-0.2, 0) is 15.0 Å². The van der Waals surface area contributed by atoms with Crippen molar-refractivity contribution in [3.05, 3.63) is 59.4 Å². The van der Waals surface area contributed by atoms with Crippen LogP contribution in [0.25, 0.3) is 22.2 Å². The maximum absolute atomic E-state index is 14.4. The molecule has 0 bridgehead atoms. The molecule has 1 fully saturated rings. The fraction of sp³-hybridized carbons (Fsp3) is 0.286. The lowest BCUT2D eigenvalue weighted by molar-refractivity contribution is -0.117. The van der Waals surface area contributed by atoms with Gasteiger partial charge in [-0.15, -0.1) is 0 Å². The molecule has 164 valence electrons. The van der Waals surface area contributed by atoms with Crippen LogP contribution in [0.1, 0.15) is 31.2 Å². The number of carbonyl (C=O) groups is 1. The first-order valence-electron chi connectivity index (χ1n) is 9.67. The fourth-order valence-corrected chi connectivity index (χ4v) is 5.00. The molecule has 0 saturated heterocycles. The topological polar surface area (TPSA) is 91.1 Å². The molecule has 0 radical (unpaired) electrons. The molecule has 1 aliphatic carbocycles. The summed E-state index contributed by atoms with van der Waals surface area (Å²) in [5, 5.41) is 0.416. The number of aromatic amines is 1. The highest BCUT2D eigenvalue weighted by Crippen LogP contribution is 2.48. The van der Waals surface area contributed by atoms with Gasteiger partial charge in [0.25, 0.3) is 0 Å². The molecule has 10 heteroatoms. The van der Waals surface area contributed by atoms with Gasteiger partial charge in [0.1, 0.15) is 17.5 Å². The Hall–Kier alpha value is -2.85. The molecule has 1 amide bonds. The molecule has 0 aliphatic heterocycles. The van der Waals surface area contributed by atoms with Gasteiger partial charge in [-0.2, -0.15) is 13.1 Å². The zero-order chi connectivity index (χ0) is 22.3. The van der Waals surface area contributed by atoms with Gasteiger partial charge >= 0.3 is 10.2 Å². The molecule has 2 aromatic carbocycles. The molecule has 3 aromatic rings. The molecule has 0 unspecified atom stereocenters. The van der Waals surface area contributed by atoms with Gasteiger partial charge < -0.3 is 4.98 Å². The van der Waals surface area contributed by atoms with E-state index in [0.717, 1.165) is 18.6 Å². The van der Waals surface area contributed by atoms with Crippen molar-refractivity contribution in [1.82, 2.24) is 14.4 Å². The summed E-state index contributed by atoms with van der Waals surface area (Å²) >= 11 is 0. The summed E-state index contributed by atoms with van der Waals surface area (Å²) in [7, 11) is -3.91. The van der Waals surface area contributed by atoms with E-state index in [-0.39, 0.29) is 23.9 Å². The number of H-pyrrole nitrogens is 1. The normalized spacial score (nSPS) is 18.7. The van der Waals surface area contributed by atoms with Crippen LogP contribution in [0.4, 0.5) is 13.2 Å². The van der Waals surface area contributed by atoms with E-state index in [9.17, 15) is 26.4 Å².